The van der Waals surface area contributed by atoms with E-state index in [-0.39, 0.29) is 23.0 Å². The van der Waals surface area contributed by atoms with Gasteiger partial charge >= 0.3 is 11.9 Å². The van der Waals surface area contributed by atoms with Crippen molar-refractivity contribution in [3.63, 3.8) is 0 Å². The van der Waals surface area contributed by atoms with E-state index in [1.807, 2.05) is 0 Å². The summed E-state index contributed by atoms with van der Waals surface area (Å²) < 4.78 is 66.9. The van der Waals surface area contributed by atoms with E-state index in [4.69, 9.17) is 4.74 Å². The van der Waals surface area contributed by atoms with E-state index in [1.165, 1.54) is 12.3 Å². The fraction of sp³-hybridized carbons (Fsp3) is 0.464. The largest absolute Gasteiger partial charge is 0.418 e. The lowest BCUT2D eigenvalue weighted by Gasteiger charge is -2.33. The van der Waals surface area contributed by atoms with Crippen LogP contribution in [0.2, 0.25) is 0 Å². The number of hydrogen-bond donors (Lipinski definition) is 0. The molecular weight excluding hydrogens is 528 g/mol. The summed E-state index contributed by atoms with van der Waals surface area (Å²) in [7, 11) is 1.79. The zero-order valence-electron chi connectivity index (χ0n) is 22.2. The summed E-state index contributed by atoms with van der Waals surface area (Å²) in [5.74, 6) is 0.0997. The van der Waals surface area contributed by atoms with Gasteiger partial charge < -0.3 is 9.30 Å². The molecule has 4 aromatic rings. The number of likely N-dealkylation sites (tertiary alicyclic amines) is 1. The highest BCUT2D eigenvalue weighted by Crippen LogP contribution is 2.37. The van der Waals surface area contributed by atoms with Gasteiger partial charge in [-0.2, -0.15) is 13.2 Å². The normalized spacial score (nSPS) is 19.7. The molecule has 0 N–H and O–H groups in total. The second-order valence-corrected chi connectivity index (χ2v) is 11.1. The molecule has 2 atom stereocenters. The van der Waals surface area contributed by atoms with Crippen LogP contribution < -0.4 is 5.69 Å². The van der Waals surface area contributed by atoms with Crippen LogP contribution in [0.15, 0.2) is 47.8 Å². The predicted octanol–water partition coefficient (Wildman–Crippen LogP) is 4.39. The van der Waals surface area contributed by atoms with Gasteiger partial charge in [0.15, 0.2) is 0 Å². The molecule has 1 unspecified atom stereocenters. The lowest BCUT2D eigenvalue weighted by atomic mass is 9.83. The summed E-state index contributed by atoms with van der Waals surface area (Å²) in [6.45, 7) is 4.93. The van der Waals surface area contributed by atoms with Gasteiger partial charge in [-0.05, 0) is 60.7 Å². The minimum Gasteiger partial charge on any atom is -0.381 e. The fourth-order valence-electron chi connectivity index (χ4n) is 6.00. The van der Waals surface area contributed by atoms with Crippen LogP contribution in [-0.2, 0) is 24.5 Å². The maximum atomic E-state index is 15.0. The Labute approximate surface area is 227 Å². The molecule has 1 aromatic carbocycles. The molecule has 40 heavy (non-hydrogen) atoms. The first-order chi connectivity index (χ1) is 19.1. The molecule has 0 aliphatic carbocycles. The molecule has 0 amide bonds. The van der Waals surface area contributed by atoms with Crippen LogP contribution in [0.3, 0.4) is 0 Å². The van der Waals surface area contributed by atoms with E-state index in [9.17, 15) is 18.0 Å². The second kappa shape index (κ2) is 10.2. The van der Waals surface area contributed by atoms with Crippen molar-refractivity contribution in [1.82, 2.24) is 28.6 Å². The Kier molecular flexibility index (Phi) is 6.78. The Morgan fingerprint density at radius 1 is 1.15 bits per heavy atom. The van der Waals surface area contributed by atoms with Crippen LogP contribution in [0, 0.1) is 17.7 Å². The third kappa shape index (κ3) is 4.94. The summed E-state index contributed by atoms with van der Waals surface area (Å²) in [5.41, 5.74) is -0.801. The van der Waals surface area contributed by atoms with Gasteiger partial charge in [0.25, 0.3) is 0 Å². The smallest absolute Gasteiger partial charge is 0.381 e. The minimum atomic E-state index is -4.68. The zero-order valence-corrected chi connectivity index (χ0v) is 22.2. The van der Waals surface area contributed by atoms with Gasteiger partial charge in [0.1, 0.15) is 18.0 Å². The molecule has 0 saturated carbocycles. The molecule has 212 valence electrons. The Bertz CT molecular complexity index is 1600. The van der Waals surface area contributed by atoms with Crippen LogP contribution in [0.4, 0.5) is 17.6 Å². The molecule has 12 heteroatoms. The molecule has 8 nitrogen and oxygen atoms in total. The van der Waals surface area contributed by atoms with Crippen molar-refractivity contribution in [2.45, 2.75) is 38.4 Å². The number of piperidine rings is 1. The van der Waals surface area contributed by atoms with Crippen molar-refractivity contribution in [2.24, 2.45) is 18.9 Å². The van der Waals surface area contributed by atoms with Crippen molar-refractivity contribution in [3.8, 4) is 5.69 Å². The molecule has 0 radical (unpaired) electrons. The van der Waals surface area contributed by atoms with E-state index >= 15 is 4.39 Å². The van der Waals surface area contributed by atoms with E-state index < -0.39 is 23.2 Å². The summed E-state index contributed by atoms with van der Waals surface area (Å²) in [6.07, 6.45) is 1.55. The summed E-state index contributed by atoms with van der Waals surface area (Å²) in [6, 6.07) is 5.26. The number of alkyl halides is 3. The Balaban J connectivity index is 1.45. The van der Waals surface area contributed by atoms with Crippen molar-refractivity contribution in [2.75, 3.05) is 26.3 Å². The number of nitrogens with zero attached hydrogens (tertiary/aromatic N) is 6. The van der Waals surface area contributed by atoms with Gasteiger partial charge in [-0.1, -0.05) is 6.92 Å². The fourth-order valence-corrected chi connectivity index (χ4v) is 6.00. The maximum Gasteiger partial charge on any atom is 0.418 e. The average Bonchev–Trinajstić information content (AvgIpc) is 3.42. The average molecular weight is 559 g/mol. The van der Waals surface area contributed by atoms with E-state index in [2.05, 4.69) is 22.0 Å². The SMILES string of the molecule is C[C@H]1CCCN(Cc2cc(C(F)(F)F)c3cn(-c4cc(F)cc(C(c5nncn5C)C5COC5)c4)c(=O)n3c2)C1. The number of ether oxygens (including phenoxy) is 1. The highest BCUT2D eigenvalue weighted by Gasteiger charge is 2.36. The number of pyridine rings is 1. The summed E-state index contributed by atoms with van der Waals surface area (Å²) in [5, 5.41) is 8.17. The minimum absolute atomic E-state index is 0.0132. The number of fused-ring (bicyclic) bond motifs is 1. The monoisotopic (exact) mass is 558 g/mol. The van der Waals surface area contributed by atoms with Gasteiger partial charge in [-0.25, -0.2) is 9.18 Å². The van der Waals surface area contributed by atoms with Gasteiger partial charge in [0, 0.05) is 38.4 Å². The van der Waals surface area contributed by atoms with Crippen LogP contribution >= 0.6 is 0 Å². The van der Waals surface area contributed by atoms with Gasteiger partial charge in [0.05, 0.1) is 35.9 Å². The molecule has 2 aliphatic rings. The van der Waals surface area contributed by atoms with Crippen LogP contribution in [0.25, 0.3) is 11.2 Å². The molecule has 0 bridgehead atoms. The molecule has 2 aliphatic heterocycles. The quantitative estimate of drug-likeness (QED) is 0.329. The number of aryl methyl sites for hydroxylation is 1. The Morgan fingerprint density at radius 3 is 2.60 bits per heavy atom. The topological polar surface area (TPSA) is 69.6 Å². The number of hydrogen-bond acceptors (Lipinski definition) is 5. The second-order valence-electron chi connectivity index (χ2n) is 11.1. The number of imidazole rings is 1. The molecule has 2 fully saturated rings. The van der Waals surface area contributed by atoms with Crippen molar-refractivity contribution in [1.29, 1.82) is 0 Å². The van der Waals surface area contributed by atoms with Crippen LogP contribution in [0.5, 0.6) is 0 Å². The molecule has 5 heterocycles. The lowest BCUT2D eigenvalue weighted by Crippen LogP contribution is -2.35. The molecule has 0 spiro atoms. The van der Waals surface area contributed by atoms with Crippen LogP contribution in [-0.4, -0.2) is 54.9 Å². The standard InChI is InChI=1S/C28H30F4N6O2/c1-17-4-3-5-36(10-17)11-18-6-23(28(30,31)32)24-13-37(27(39)38(24)12-18)22-8-19(7-21(29)9-22)25(20-14-40-15-20)26-34-33-16-35(26)2/h6-9,12-13,16-17,20,25H,3-5,10-11,14-15H2,1-2H3/t17-,25?/m0/s1. The first-order valence-electron chi connectivity index (χ1n) is 13.4. The zero-order chi connectivity index (χ0) is 28.2. The third-order valence-corrected chi connectivity index (χ3v) is 7.98. The molecule has 3 aromatic heterocycles. The summed E-state index contributed by atoms with van der Waals surface area (Å²) >= 11 is 0. The molecule has 6 rings (SSSR count). The number of rotatable bonds is 6. The summed E-state index contributed by atoms with van der Waals surface area (Å²) in [4.78, 5) is 15.7. The van der Waals surface area contributed by atoms with Gasteiger partial charge in [-0.15, -0.1) is 10.2 Å². The van der Waals surface area contributed by atoms with Crippen molar-refractivity contribution in [3.05, 3.63) is 81.8 Å². The number of benzene rings is 1. The molecular formula is C28H30F4N6O2. The maximum absolute atomic E-state index is 15.0. The lowest BCUT2D eigenvalue weighted by molar-refractivity contribution is -0.136. The molecule has 2 saturated heterocycles. The van der Waals surface area contributed by atoms with Gasteiger partial charge in [-0.3, -0.25) is 13.9 Å². The predicted molar refractivity (Wildman–Crippen MR) is 139 cm³/mol. The van der Waals surface area contributed by atoms with E-state index in [1.54, 1.807) is 24.0 Å². The Hall–Kier alpha value is -3.51. The Morgan fingerprint density at radius 2 is 1.95 bits per heavy atom. The van der Waals surface area contributed by atoms with Crippen molar-refractivity contribution < 1.29 is 22.3 Å². The van der Waals surface area contributed by atoms with Crippen molar-refractivity contribution >= 4 is 5.52 Å². The van der Waals surface area contributed by atoms with E-state index in [0.29, 0.717) is 42.6 Å². The number of halogens is 4. The third-order valence-electron chi connectivity index (χ3n) is 7.98. The first-order valence-corrected chi connectivity index (χ1v) is 13.4. The highest BCUT2D eigenvalue weighted by atomic mass is 19.4. The first kappa shape index (κ1) is 26.7. The number of aromatic nitrogens is 5. The van der Waals surface area contributed by atoms with Gasteiger partial charge in [0.2, 0.25) is 0 Å². The van der Waals surface area contributed by atoms with E-state index in [0.717, 1.165) is 53.2 Å². The van der Waals surface area contributed by atoms with Crippen LogP contribution in [0.1, 0.15) is 48.2 Å². The highest BCUT2D eigenvalue weighted by molar-refractivity contribution is 5.58.